The van der Waals surface area contributed by atoms with Crippen LogP contribution in [0.25, 0.3) is 0 Å². The van der Waals surface area contributed by atoms with Gasteiger partial charge in [-0.25, -0.2) is 0 Å². The highest BCUT2D eigenvalue weighted by Gasteiger charge is 2.09. The average Bonchev–Trinajstić information content (AvgIpc) is 2.36. The Morgan fingerprint density at radius 2 is 2.55 bits per heavy atom. The van der Waals surface area contributed by atoms with Crippen LogP contribution in [0.15, 0.2) is 10.8 Å². The van der Waals surface area contributed by atoms with E-state index in [0.29, 0.717) is 23.1 Å². The van der Waals surface area contributed by atoms with Crippen LogP contribution >= 0.6 is 15.9 Å². The molecule has 11 heavy (non-hydrogen) atoms. The molecule has 0 saturated heterocycles. The molecule has 60 valence electrons. The molecule has 0 fully saturated rings. The van der Waals surface area contributed by atoms with Crippen LogP contribution in [0.1, 0.15) is 16.8 Å². The Balaban J connectivity index is 2.76. The summed E-state index contributed by atoms with van der Waals surface area (Å²) in [6, 6.07) is 0. The average molecular weight is 218 g/mol. The maximum absolute atomic E-state index is 11.2. The predicted octanol–water partition coefficient (Wildman–Crippen LogP) is 0.704. The molecule has 1 aromatic heterocycles. The summed E-state index contributed by atoms with van der Waals surface area (Å²) in [5, 5.41) is 6.30. The molecule has 1 aromatic rings. The highest BCUT2D eigenvalue weighted by Crippen LogP contribution is 2.13. The summed E-state index contributed by atoms with van der Waals surface area (Å²) in [5.74, 6) is 0.00752. The predicted molar refractivity (Wildman–Crippen MR) is 44.3 cm³/mol. The maximum Gasteiger partial charge on any atom is 0.168 e. The zero-order valence-corrected chi connectivity index (χ0v) is 7.39. The number of nitrogens with zero attached hydrogens (tertiary/aromatic N) is 1. The first-order valence-electron chi connectivity index (χ1n) is 3.18. The minimum Gasteiger partial charge on any atom is -0.330 e. The topological polar surface area (TPSA) is 71.8 Å². The zero-order chi connectivity index (χ0) is 8.27. The minimum atomic E-state index is 0.00752. The highest BCUT2D eigenvalue weighted by molar-refractivity contribution is 9.10. The quantitative estimate of drug-likeness (QED) is 0.733. The summed E-state index contributed by atoms with van der Waals surface area (Å²) in [4.78, 5) is 11.2. The Hall–Kier alpha value is -0.680. The third-order valence-electron chi connectivity index (χ3n) is 1.26. The summed E-state index contributed by atoms with van der Waals surface area (Å²) in [6.45, 7) is 0.371. The lowest BCUT2D eigenvalue weighted by molar-refractivity contribution is 0.0985. The molecule has 0 amide bonds. The van der Waals surface area contributed by atoms with Gasteiger partial charge >= 0.3 is 0 Å². The van der Waals surface area contributed by atoms with Crippen LogP contribution in [0.5, 0.6) is 0 Å². The lowest BCUT2D eigenvalue weighted by Crippen LogP contribution is -2.07. The van der Waals surface area contributed by atoms with Gasteiger partial charge in [0.15, 0.2) is 5.78 Å². The molecule has 0 unspecified atom stereocenters. The van der Waals surface area contributed by atoms with Crippen molar-refractivity contribution in [2.45, 2.75) is 6.42 Å². The molecule has 3 N–H and O–H groups in total. The second-order valence-electron chi connectivity index (χ2n) is 2.06. The fraction of sp³-hybridized carbons (Fsp3) is 0.333. The molecule has 0 atom stereocenters. The Kier molecular flexibility index (Phi) is 2.78. The van der Waals surface area contributed by atoms with E-state index in [1.165, 1.54) is 6.20 Å². The van der Waals surface area contributed by atoms with Crippen LogP contribution < -0.4 is 5.73 Å². The summed E-state index contributed by atoms with van der Waals surface area (Å²) >= 11 is 3.16. The monoisotopic (exact) mass is 217 g/mol. The van der Waals surface area contributed by atoms with Crippen molar-refractivity contribution in [3.05, 3.63) is 16.4 Å². The van der Waals surface area contributed by atoms with Crippen molar-refractivity contribution in [1.82, 2.24) is 10.2 Å². The second kappa shape index (κ2) is 3.64. The number of hydrogen-bond donors (Lipinski definition) is 2. The number of aromatic amines is 1. The first-order chi connectivity index (χ1) is 5.25. The van der Waals surface area contributed by atoms with Crippen molar-refractivity contribution in [3.8, 4) is 0 Å². The van der Waals surface area contributed by atoms with Gasteiger partial charge in [0.1, 0.15) is 4.60 Å². The summed E-state index contributed by atoms with van der Waals surface area (Å²) < 4.78 is 0.621. The van der Waals surface area contributed by atoms with Crippen LogP contribution in [0.2, 0.25) is 0 Å². The van der Waals surface area contributed by atoms with Crippen molar-refractivity contribution in [2.24, 2.45) is 5.73 Å². The summed E-state index contributed by atoms with van der Waals surface area (Å²) in [5.41, 5.74) is 5.78. The molecule has 5 heteroatoms. The molecule has 1 heterocycles. The van der Waals surface area contributed by atoms with Crippen molar-refractivity contribution in [2.75, 3.05) is 6.54 Å². The summed E-state index contributed by atoms with van der Waals surface area (Å²) in [6.07, 6.45) is 1.85. The van der Waals surface area contributed by atoms with E-state index in [1.807, 2.05) is 0 Å². The number of hydrogen-bond acceptors (Lipinski definition) is 3. The molecule has 1 rings (SSSR count). The maximum atomic E-state index is 11.2. The van der Waals surface area contributed by atoms with E-state index in [0.717, 1.165) is 0 Å². The molecule has 0 spiro atoms. The number of nitrogens with one attached hydrogen (secondary N) is 1. The van der Waals surface area contributed by atoms with Crippen LogP contribution in [-0.2, 0) is 0 Å². The Labute approximate surface area is 72.3 Å². The van der Waals surface area contributed by atoms with Gasteiger partial charge in [-0.15, -0.1) is 0 Å². The summed E-state index contributed by atoms with van der Waals surface area (Å²) in [7, 11) is 0. The number of ketones is 1. The van der Waals surface area contributed by atoms with Crippen molar-refractivity contribution in [1.29, 1.82) is 0 Å². The van der Waals surface area contributed by atoms with Crippen LogP contribution in [0.4, 0.5) is 0 Å². The zero-order valence-electron chi connectivity index (χ0n) is 5.80. The van der Waals surface area contributed by atoms with E-state index in [2.05, 4.69) is 26.1 Å². The lowest BCUT2D eigenvalue weighted by Gasteiger charge is -1.93. The molecule has 0 aliphatic heterocycles. The van der Waals surface area contributed by atoms with E-state index >= 15 is 0 Å². The van der Waals surface area contributed by atoms with Crippen molar-refractivity contribution >= 4 is 21.7 Å². The van der Waals surface area contributed by atoms with Gasteiger partial charge in [0.25, 0.3) is 0 Å². The van der Waals surface area contributed by atoms with E-state index in [1.54, 1.807) is 0 Å². The Morgan fingerprint density at radius 3 is 3.00 bits per heavy atom. The second-order valence-corrected chi connectivity index (χ2v) is 2.85. The molecule has 0 saturated carbocycles. The molecule has 0 aliphatic rings. The molecule has 4 nitrogen and oxygen atoms in total. The smallest absolute Gasteiger partial charge is 0.168 e. The SMILES string of the molecule is NCCC(=O)c1cn[nH]c1Br. The van der Waals surface area contributed by atoms with Gasteiger partial charge in [0.2, 0.25) is 0 Å². The Bertz CT molecular complexity index is 258. The Morgan fingerprint density at radius 1 is 1.82 bits per heavy atom. The van der Waals surface area contributed by atoms with E-state index in [9.17, 15) is 4.79 Å². The number of carbonyl (C=O) groups is 1. The van der Waals surface area contributed by atoms with Gasteiger partial charge in [0.05, 0.1) is 11.8 Å². The number of halogens is 1. The third kappa shape index (κ3) is 1.87. The van der Waals surface area contributed by atoms with Crippen molar-refractivity contribution < 1.29 is 4.79 Å². The molecular weight excluding hydrogens is 210 g/mol. The van der Waals surface area contributed by atoms with Gasteiger partial charge in [-0.2, -0.15) is 5.10 Å². The van der Waals surface area contributed by atoms with E-state index in [-0.39, 0.29) is 5.78 Å². The van der Waals surface area contributed by atoms with Gasteiger partial charge in [0, 0.05) is 6.42 Å². The van der Waals surface area contributed by atoms with Gasteiger partial charge in [-0.1, -0.05) is 0 Å². The first kappa shape index (κ1) is 8.42. The van der Waals surface area contributed by atoms with Crippen LogP contribution in [0, 0.1) is 0 Å². The number of rotatable bonds is 3. The third-order valence-corrected chi connectivity index (χ3v) is 1.87. The lowest BCUT2D eigenvalue weighted by atomic mass is 10.2. The fourth-order valence-electron chi connectivity index (χ4n) is 0.731. The number of carbonyl (C=O) groups excluding carboxylic acids is 1. The first-order valence-corrected chi connectivity index (χ1v) is 3.97. The van der Waals surface area contributed by atoms with Gasteiger partial charge in [-0.3, -0.25) is 9.89 Å². The molecule has 0 aliphatic carbocycles. The number of Topliss-reactive ketones (excluding diaryl/α,β-unsaturated/α-hetero) is 1. The molecular formula is C6H8BrN3O. The largest absolute Gasteiger partial charge is 0.330 e. The number of aromatic nitrogens is 2. The molecule has 0 radical (unpaired) electrons. The highest BCUT2D eigenvalue weighted by atomic mass is 79.9. The minimum absolute atomic E-state index is 0.00752. The number of nitrogens with two attached hydrogens (primary N) is 1. The molecule has 0 aromatic carbocycles. The number of H-pyrrole nitrogens is 1. The van der Waals surface area contributed by atoms with Crippen molar-refractivity contribution in [3.63, 3.8) is 0 Å². The van der Waals surface area contributed by atoms with Gasteiger partial charge < -0.3 is 5.73 Å². The van der Waals surface area contributed by atoms with Gasteiger partial charge in [-0.05, 0) is 22.5 Å². The van der Waals surface area contributed by atoms with Crippen LogP contribution in [0.3, 0.4) is 0 Å². The fourth-order valence-corrected chi connectivity index (χ4v) is 1.16. The van der Waals surface area contributed by atoms with E-state index < -0.39 is 0 Å². The standard InChI is InChI=1S/C6H8BrN3O/c7-6-4(3-9-10-6)5(11)1-2-8/h3H,1-2,8H2,(H,9,10). The van der Waals surface area contributed by atoms with Crippen LogP contribution in [-0.4, -0.2) is 22.5 Å². The molecule has 0 bridgehead atoms. The normalized spacial score (nSPS) is 10.0. The van der Waals surface area contributed by atoms with E-state index in [4.69, 9.17) is 5.73 Å².